The van der Waals surface area contributed by atoms with Gasteiger partial charge in [-0.2, -0.15) is 0 Å². The van der Waals surface area contributed by atoms with Crippen LogP contribution in [0.5, 0.6) is 0 Å². The summed E-state index contributed by atoms with van der Waals surface area (Å²) in [5.41, 5.74) is -1.86. The lowest BCUT2D eigenvalue weighted by Gasteiger charge is -2.23. The van der Waals surface area contributed by atoms with E-state index in [1.54, 1.807) is 0 Å². The van der Waals surface area contributed by atoms with Crippen LogP contribution in [0.3, 0.4) is 0 Å². The van der Waals surface area contributed by atoms with E-state index in [0.29, 0.717) is 6.42 Å². The smallest absolute Gasteiger partial charge is 0.346 e. The molecule has 0 amide bonds. The molecule has 68 valence electrons. The molecule has 0 spiro atoms. The molecule has 0 saturated carbocycles. The number of carbonyl (C=O) groups excluding carboxylic acids is 1. The van der Waals surface area contributed by atoms with Crippen molar-refractivity contribution in [2.75, 3.05) is 7.11 Å². The van der Waals surface area contributed by atoms with Crippen LogP contribution in [0.15, 0.2) is 0 Å². The van der Waals surface area contributed by atoms with Crippen LogP contribution in [-0.2, 0) is 14.3 Å². The summed E-state index contributed by atoms with van der Waals surface area (Å²) in [6.07, 6.45) is 1.04. The van der Waals surface area contributed by atoms with Gasteiger partial charge in [0.1, 0.15) is 6.10 Å². The molecule has 3 unspecified atom stereocenters. The van der Waals surface area contributed by atoms with E-state index >= 15 is 0 Å². The van der Waals surface area contributed by atoms with Gasteiger partial charge in [0.2, 0.25) is 5.67 Å². The Kier molecular flexibility index (Phi) is 1.61. The van der Waals surface area contributed by atoms with E-state index in [2.05, 4.69) is 4.74 Å². The lowest BCUT2D eigenvalue weighted by Crippen LogP contribution is -2.43. The Morgan fingerprint density at radius 3 is 2.83 bits per heavy atom. The Labute approximate surface area is 69.8 Å². The summed E-state index contributed by atoms with van der Waals surface area (Å²) in [5, 5.41) is 0. The third kappa shape index (κ3) is 0.874. The molecule has 0 N–H and O–H groups in total. The van der Waals surface area contributed by atoms with E-state index in [0.717, 1.165) is 6.42 Å². The van der Waals surface area contributed by atoms with Crippen molar-refractivity contribution in [1.29, 1.82) is 0 Å². The predicted molar refractivity (Wildman–Crippen MR) is 38.4 cm³/mol. The second kappa shape index (κ2) is 2.42. The first-order valence-electron chi connectivity index (χ1n) is 4.09. The fourth-order valence-electron chi connectivity index (χ4n) is 2.04. The SMILES string of the molecule is COC(=O)C1(F)CC2CCC1O2. The number of hydrogen-bond donors (Lipinski definition) is 0. The third-order valence-electron chi connectivity index (χ3n) is 2.67. The number of ether oxygens (including phenoxy) is 2. The number of rotatable bonds is 1. The van der Waals surface area contributed by atoms with Gasteiger partial charge in [0.25, 0.3) is 0 Å². The molecule has 2 aliphatic heterocycles. The summed E-state index contributed by atoms with van der Waals surface area (Å²) in [4.78, 5) is 11.0. The minimum Gasteiger partial charge on any atom is -0.467 e. The second-order valence-electron chi connectivity index (χ2n) is 3.38. The summed E-state index contributed by atoms with van der Waals surface area (Å²) in [6, 6.07) is 0. The van der Waals surface area contributed by atoms with Gasteiger partial charge in [0.05, 0.1) is 13.2 Å². The zero-order valence-electron chi connectivity index (χ0n) is 6.88. The van der Waals surface area contributed by atoms with Crippen LogP contribution < -0.4 is 0 Å². The zero-order valence-corrected chi connectivity index (χ0v) is 6.88. The third-order valence-corrected chi connectivity index (χ3v) is 2.67. The molecule has 2 aliphatic rings. The standard InChI is InChI=1S/C8H11FO3/c1-11-7(10)8(9)4-5-2-3-6(8)12-5/h5-6H,2-4H2,1H3. The van der Waals surface area contributed by atoms with Crippen LogP contribution >= 0.6 is 0 Å². The topological polar surface area (TPSA) is 35.5 Å². The van der Waals surface area contributed by atoms with E-state index < -0.39 is 17.7 Å². The number of carbonyl (C=O) groups is 1. The molecule has 0 aliphatic carbocycles. The van der Waals surface area contributed by atoms with Crippen molar-refractivity contribution in [2.24, 2.45) is 0 Å². The largest absolute Gasteiger partial charge is 0.467 e. The Hall–Kier alpha value is -0.640. The Morgan fingerprint density at radius 2 is 2.42 bits per heavy atom. The van der Waals surface area contributed by atoms with Gasteiger partial charge in [-0.15, -0.1) is 0 Å². The van der Waals surface area contributed by atoms with Crippen molar-refractivity contribution in [3.05, 3.63) is 0 Å². The highest BCUT2D eigenvalue weighted by Crippen LogP contribution is 2.44. The molecule has 0 radical (unpaired) electrons. The lowest BCUT2D eigenvalue weighted by molar-refractivity contribution is -0.158. The van der Waals surface area contributed by atoms with E-state index in [4.69, 9.17) is 4.74 Å². The highest BCUT2D eigenvalue weighted by molar-refractivity contribution is 5.81. The maximum Gasteiger partial charge on any atom is 0.346 e. The van der Waals surface area contributed by atoms with Crippen molar-refractivity contribution in [1.82, 2.24) is 0 Å². The number of esters is 1. The van der Waals surface area contributed by atoms with Crippen LogP contribution in [0.2, 0.25) is 0 Å². The normalized spacial score (nSPS) is 44.8. The average Bonchev–Trinajstić information content (AvgIpc) is 2.62. The van der Waals surface area contributed by atoms with Crippen LogP contribution in [-0.4, -0.2) is 31.0 Å². The van der Waals surface area contributed by atoms with E-state index in [1.165, 1.54) is 7.11 Å². The van der Waals surface area contributed by atoms with Crippen LogP contribution in [0, 0.1) is 0 Å². The highest BCUT2D eigenvalue weighted by atomic mass is 19.1. The molecule has 0 aromatic rings. The monoisotopic (exact) mass is 174 g/mol. The molecule has 4 heteroatoms. The van der Waals surface area contributed by atoms with Crippen molar-refractivity contribution in [3.63, 3.8) is 0 Å². The van der Waals surface area contributed by atoms with Gasteiger partial charge >= 0.3 is 5.97 Å². The highest BCUT2D eigenvalue weighted by Gasteiger charge is 2.59. The molecule has 2 saturated heterocycles. The molecule has 3 atom stereocenters. The molecule has 0 aromatic heterocycles. The number of methoxy groups -OCH3 is 1. The van der Waals surface area contributed by atoms with E-state index in [-0.39, 0.29) is 12.5 Å². The molecular weight excluding hydrogens is 163 g/mol. The van der Waals surface area contributed by atoms with Gasteiger partial charge in [0.15, 0.2) is 0 Å². The van der Waals surface area contributed by atoms with Gasteiger partial charge in [-0.25, -0.2) is 9.18 Å². The summed E-state index contributed by atoms with van der Waals surface area (Å²) in [5.74, 6) is -0.783. The maximum absolute atomic E-state index is 13.8. The number of halogens is 1. The molecule has 2 heterocycles. The first kappa shape index (κ1) is 7.98. The van der Waals surface area contributed by atoms with Crippen molar-refractivity contribution >= 4 is 5.97 Å². The summed E-state index contributed by atoms with van der Waals surface area (Å²) < 4.78 is 23.4. The molecule has 3 nitrogen and oxygen atoms in total. The van der Waals surface area contributed by atoms with Crippen LogP contribution in [0.1, 0.15) is 19.3 Å². The van der Waals surface area contributed by atoms with Crippen molar-refractivity contribution in [2.45, 2.75) is 37.1 Å². The number of fused-ring (bicyclic) bond motifs is 2. The Morgan fingerprint density at radius 1 is 1.67 bits per heavy atom. The first-order valence-corrected chi connectivity index (χ1v) is 4.09. The van der Waals surface area contributed by atoms with Crippen molar-refractivity contribution < 1.29 is 18.7 Å². The molecule has 0 aromatic carbocycles. The minimum atomic E-state index is -1.86. The Balaban J connectivity index is 2.17. The zero-order chi connectivity index (χ0) is 8.77. The minimum absolute atomic E-state index is 0.0703. The van der Waals surface area contributed by atoms with Crippen LogP contribution in [0.25, 0.3) is 0 Å². The van der Waals surface area contributed by atoms with Crippen LogP contribution in [0.4, 0.5) is 4.39 Å². The van der Waals surface area contributed by atoms with E-state index in [9.17, 15) is 9.18 Å². The average molecular weight is 174 g/mol. The first-order chi connectivity index (χ1) is 5.66. The molecule has 2 fully saturated rings. The fourth-order valence-corrected chi connectivity index (χ4v) is 2.04. The number of alkyl halides is 1. The van der Waals surface area contributed by atoms with Gasteiger partial charge < -0.3 is 9.47 Å². The summed E-state index contributed by atoms with van der Waals surface area (Å²) in [6.45, 7) is 0. The summed E-state index contributed by atoms with van der Waals surface area (Å²) in [7, 11) is 1.20. The fraction of sp³-hybridized carbons (Fsp3) is 0.875. The second-order valence-corrected chi connectivity index (χ2v) is 3.38. The number of hydrogen-bond acceptors (Lipinski definition) is 3. The molecule has 2 bridgehead atoms. The van der Waals surface area contributed by atoms with Gasteiger partial charge in [-0.3, -0.25) is 0 Å². The molecule has 12 heavy (non-hydrogen) atoms. The lowest BCUT2D eigenvalue weighted by atomic mass is 9.86. The molecule has 2 rings (SSSR count). The van der Waals surface area contributed by atoms with E-state index in [1.807, 2.05) is 0 Å². The summed E-state index contributed by atoms with van der Waals surface area (Å²) >= 11 is 0. The van der Waals surface area contributed by atoms with Crippen molar-refractivity contribution in [3.8, 4) is 0 Å². The predicted octanol–water partition coefficient (Wildman–Crippen LogP) is 0.819. The van der Waals surface area contributed by atoms with Gasteiger partial charge in [-0.1, -0.05) is 0 Å². The van der Waals surface area contributed by atoms with Gasteiger partial charge in [0, 0.05) is 6.42 Å². The Bertz CT molecular complexity index is 218. The molecular formula is C8H11FO3. The van der Waals surface area contributed by atoms with Gasteiger partial charge in [-0.05, 0) is 12.8 Å². The maximum atomic E-state index is 13.8. The quantitative estimate of drug-likeness (QED) is 0.552.